The first-order chi connectivity index (χ1) is 3.84. The summed E-state index contributed by atoms with van der Waals surface area (Å²) in [6.45, 7) is 0. The molecule has 1 aromatic heterocycles. The summed E-state index contributed by atoms with van der Waals surface area (Å²) in [4.78, 5) is 0. The van der Waals surface area contributed by atoms with Gasteiger partial charge in [0.05, 0.1) is 5.56 Å². The van der Waals surface area contributed by atoms with Crippen LogP contribution < -0.4 is 0 Å². The molecule has 0 atom stereocenters. The van der Waals surface area contributed by atoms with Gasteiger partial charge in [0.1, 0.15) is 9.77 Å². The van der Waals surface area contributed by atoms with Gasteiger partial charge in [-0.3, -0.25) is 0 Å². The van der Waals surface area contributed by atoms with Crippen LogP contribution in [0, 0.1) is 15.0 Å². The summed E-state index contributed by atoms with van der Waals surface area (Å²) in [5, 5.41) is 10.1. The van der Waals surface area contributed by atoms with E-state index in [0.29, 0.717) is 5.56 Å². The Hall–Kier alpha value is -0.150. The maximum atomic E-state index is 8.32. The van der Waals surface area contributed by atoms with Crippen molar-refractivity contribution in [3.63, 3.8) is 0 Å². The van der Waals surface area contributed by atoms with Crippen LogP contribution in [-0.4, -0.2) is 4.37 Å². The Balaban J connectivity index is 3.15. The molecule has 40 valence electrons. The molecule has 0 amide bonds. The smallest absolute Gasteiger partial charge is 0.132 e. The molecule has 0 bridgehead atoms. The average Bonchev–Trinajstić information content (AvgIpc) is 2.14. The Morgan fingerprint density at radius 1 is 1.88 bits per heavy atom. The number of nitriles is 1. The van der Waals surface area contributed by atoms with E-state index in [-0.39, 0.29) is 0 Å². The van der Waals surface area contributed by atoms with Crippen LogP contribution >= 0.6 is 34.1 Å². The summed E-state index contributed by atoms with van der Waals surface area (Å²) < 4.78 is 4.69. The van der Waals surface area contributed by atoms with E-state index in [9.17, 15) is 0 Å². The third-order valence-electron chi connectivity index (χ3n) is 0.646. The highest BCUT2D eigenvalue weighted by Gasteiger charge is 1.97. The third kappa shape index (κ3) is 0.980. The topological polar surface area (TPSA) is 36.7 Å². The molecular formula is C4HIN2S. The summed E-state index contributed by atoms with van der Waals surface area (Å²) in [6, 6.07) is 2.02. The van der Waals surface area contributed by atoms with E-state index in [0.717, 1.165) is 3.70 Å². The number of hydrogen-bond acceptors (Lipinski definition) is 3. The minimum absolute atomic E-state index is 0.676. The molecular weight excluding hydrogens is 235 g/mol. The zero-order valence-electron chi connectivity index (χ0n) is 3.76. The lowest BCUT2D eigenvalue weighted by atomic mass is 10.4. The highest BCUT2D eigenvalue weighted by Crippen LogP contribution is 2.10. The standard InChI is InChI=1S/C4HIN2S/c5-4-3(1-6)2-8-7-4/h2H. The van der Waals surface area contributed by atoms with Crippen molar-refractivity contribution in [2.75, 3.05) is 0 Å². The Labute approximate surface area is 64.5 Å². The van der Waals surface area contributed by atoms with Crippen molar-refractivity contribution < 1.29 is 0 Å². The number of aromatic nitrogens is 1. The van der Waals surface area contributed by atoms with E-state index in [4.69, 9.17) is 5.26 Å². The SMILES string of the molecule is N#Cc1csnc1I. The Morgan fingerprint density at radius 3 is 2.88 bits per heavy atom. The maximum Gasteiger partial charge on any atom is 0.132 e. The molecule has 4 heteroatoms. The fraction of sp³-hybridized carbons (Fsp3) is 0. The van der Waals surface area contributed by atoms with Gasteiger partial charge in [-0.15, -0.1) is 0 Å². The number of hydrogen-bond donors (Lipinski definition) is 0. The molecule has 0 aromatic carbocycles. The number of rotatable bonds is 0. The van der Waals surface area contributed by atoms with Crippen LogP contribution in [0.5, 0.6) is 0 Å². The lowest BCUT2D eigenvalue weighted by molar-refractivity contribution is 1.42. The van der Waals surface area contributed by atoms with Gasteiger partial charge in [0.15, 0.2) is 0 Å². The van der Waals surface area contributed by atoms with Gasteiger partial charge in [0, 0.05) is 5.38 Å². The Morgan fingerprint density at radius 2 is 2.62 bits per heavy atom. The van der Waals surface area contributed by atoms with Gasteiger partial charge in [-0.2, -0.15) is 9.64 Å². The normalized spacial score (nSPS) is 8.50. The lowest BCUT2D eigenvalue weighted by Crippen LogP contribution is -1.70. The average molecular weight is 236 g/mol. The molecule has 0 aliphatic heterocycles. The van der Waals surface area contributed by atoms with E-state index < -0.39 is 0 Å². The number of nitrogens with zero attached hydrogens (tertiary/aromatic N) is 2. The van der Waals surface area contributed by atoms with E-state index in [1.807, 2.05) is 28.7 Å². The predicted octanol–water partition coefficient (Wildman–Crippen LogP) is 1.62. The van der Waals surface area contributed by atoms with Gasteiger partial charge in [0.25, 0.3) is 0 Å². The van der Waals surface area contributed by atoms with Gasteiger partial charge >= 0.3 is 0 Å². The van der Waals surface area contributed by atoms with Crippen molar-refractivity contribution in [3.05, 3.63) is 14.6 Å². The molecule has 1 aromatic rings. The minimum Gasteiger partial charge on any atom is -0.192 e. The van der Waals surface area contributed by atoms with Crippen molar-refractivity contribution in [2.45, 2.75) is 0 Å². The van der Waals surface area contributed by atoms with Gasteiger partial charge in [0.2, 0.25) is 0 Å². The third-order valence-corrected chi connectivity index (χ3v) is 2.42. The van der Waals surface area contributed by atoms with E-state index in [1.54, 1.807) is 5.38 Å². The highest BCUT2D eigenvalue weighted by atomic mass is 127. The van der Waals surface area contributed by atoms with E-state index >= 15 is 0 Å². The molecule has 0 N–H and O–H groups in total. The summed E-state index contributed by atoms with van der Waals surface area (Å²) >= 11 is 3.34. The number of halogens is 1. The van der Waals surface area contributed by atoms with Crippen LogP contribution in [0.1, 0.15) is 5.56 Å². The highest BCUT2D eigenvalue weighted by molar-refractivity contribution is 14.1. The van der Waals surface area contributed by atoms with Crippen LogP contribution in [0.3, 0.4) is 0 Å². The fourth-order valence-electron chi connectivity index (χ4n) is 0.296. The molecule has 0 unspecified atom stereocenters. The van der Waals surface area contributed by atoms with Gasteiger partial charge < -0.3 is 0 Å². The Bertz CT molecular complexity index is 224. The molecule has 0 aliphatic carbocycles. The lowest BCUT2D eigenvalue weighted by Gasteiger charge is -1.72. The zero-order valence-corrected chi connectivity index (χ0v) is 6.73. The van der Waals surface area contributed by atoms with Crippen molar-refractivity contribution in [3.8, 4) is 6.07 Å². The first-order valence-electron chi connectivity index (χ1n) is 1.84. The molecule has 1 rings (SSSR count). The molecule has 0 radical (unpaired) electrons. The Kier molecular flexibility index (Phi) is 1.81. The summed E-state index contributed by atoms with van der Waals surface area (Å²) in [7, 11) is 0. The van der Waals surface area contributed by atoms with E-state index in [1.165, 1.54) is 11.5 Å². The van der Waals surface area contributed by atoms with Gasteiger partial charge in [-0.25, -0.2) is 0 Å². The summed E-state index contributed by atoms with van der Waals surface area (Å²) in [5.41, 5.74) is 0.676. The monoisotopic (exact) mass is 236 g/mol. The zero-order chi connectivity index (χ0) is 5.98. The van der Waals surface area contributed by atoms with Gasteiger partial charge in [-0.05, 0) is 34.1 Å². The second-order valence-electron chi connectivity index (χ2n) is 1.13. The molecule has 2 nitrogen and oxygen atoms in total. The van der Waals surface area contributed by atoms with Crippen LogP contribution in [0.15, 0.2) is 5.38 Å². The molecule has 0 aliphatic rings. The molecule has 0 saturated heterocycles. The molecule has 8 heavy (non-hydrogen) atoms. The molecule has 0 saturated carbocycles. The predicted molar refractivity (Wildman–Crippen MR) is 39.5 cm³/mol. The van der Waals surface area contributed by atoms with Crippen molar-refractivity contribution in [1.29, 1.82) is 5.26 Å². The second kappa shape index (κ2) is 2.42. The van der Waals surface area contributed by atoms with Gasteiger partial charge in [-0.1, -0.05) is 0 Å². The van der Waals surface area contributed by atoms with Crippen molar-refractivity contribution >= 4 is 34.1 Å². The van der Waals surface area contributed by atoms with Crippen LogP contribution in [0.25, 0.3) is 0 Å². The molecule has 0 spiro atoms. The molecule has 1 heterocycles. The first kappa shape index (κ1) is 5.98. The van der Waals surface area contributed by atoms with Crippen LogP contribution in [0.4, 0.5) is 0 Å². The van der Waals surface area contributed by atoms with Crippen molar-refractivity contribution in [1.82, 2.24) is 4.37 Å². The second-order valence-corrected chi connectivity index (χ2v) is 2.78. The largest absolute Gasteiger partial charge is 0.192 e. The first-order valence-corrected chi connectivity index (χ1v) is 3.76. The molecule has 0 fully saturated rings. The quantitative estimate of drug-likeness (QED) is 0.641. The van der Waals surface area contributed by atoms with Crippen molar-refractivity contribution in [2.24, 2.45) is 0 Å². The van der Waals surface area contributed by atoms with E-state index in [2.05, 4.69) is 4.37 Å². The maximum absolute atomic E-state index is 8.32. The minimum atomic E-state index is 0.676. The summed E-state index contributed by atoms with van der Waals surface area (Å²) in [5.74, 6) is 0. The summed E-state index contributed by atoms with van der Waals surface area (Å²) in [6.07, 6.45) is 0. The fourth-order valence-corrected chi connectivity index (χ4v) is 1.64. The van der Waals surface area contributed by atoms with Crippen LogP contribution in [-0.2, 0) is 0 Å². The van der Waals surface area contributed by atoms with Crippen LogP contribution in [0.2, 0.25) is 0 Å².